The first-order valence-electron chi connectivity index (χ1n) is 5.09. The highest BCUT2D eigenvalue weighted by atomic mass is 14.9. The maximum atomic E-state index is 3.79. The van der Waals surface area contributed by atoms with Crippen LogP contribution in [0.4, 0.5) is 5.69 Å². The molecule has 1 rings (SSSR count). The van der Waals surface area contributed by atoms with E-state index in [9.17, 15) is 0 Å². The average molecular weight is 191 g/mol. The molecule has 0 bridgehead atoms. The first-order chi connectivity index (χ1) is 6.59. The normalized spacial score (nSPS) is 8.64. The monoisotopic (exact) mass is 191 g/mol. The Morgan fingerprint density at radius 1 is 1.14 bits per heavy atom. The molecule has 0 aromatic heterocycles. The smallest absolute Gasteiger partial charge is 0.0384 e. The highest BCUT2D eigenvalue weighted by Crippen LogP contribution is 2.14. The Kier molecular flexibility index (Phi) is 5.70. The van der Waals surface area contributed by atoms with E-state index in [-0.39, 0.29) is 0 Å². The number of benzene rings is 1. The minimum atomic E-state index is 0.971. The van der Waals surface area contributed by atoms with Crippen LogP contribution in [0.3, 0.4) is 0 Å². The summed E-state index contributed by atoms with van der Waals surface area (Å²) >= 11 is 0. The maximum Gasteiger partial charge on any atom is 0.0384 e. The zero-order valence-electron chi connectivity index (χ0n) is 9.94. The van der Waals surface area contributed by atoms with Gasteiger partial charge in [0.2, 0.25) is 0 Å². The third kappa shape index (κ3) is 4.13. The lowest BCUT2D eigenvalue weighted by Crippen LogP contribution is -1.94. The number of aryl methyl sites for hydroxylation is 2. The van der Waals surface area contributed by atoms with E-state index in [1.165, 1.54) is 11.1 Å². The van der Waals surface area contributed by atoms with E-state index in [1.54, 1.807) is 0 Å². The van der Waals surface area contributed by atoms with Crippen molar-refractivity contribution in [1.82, 2.24) is 0 Å². The molecule has 0 saturated heterocycles. The molecule has 14 heavy (non-hydrogen) atoms. The van der Waals surface area contributed by atoms with Crippen LogP contribution in [0, 0.1) is 13.8 Å². The van der Waals surface area contributed by atoms with Crippen LogP contribution in [0.15, 0.2) is 30.5 Å². The fourth-order valence-corrected chi connectivity index (χ4v) is 1.07. The van der Waals surface area contributed by atoms with Crippen molar-refractivity contribution in [2.24, 2.45) is 0 Å². The summed E-state index contributed by atoms with van der Waals surface area (Å²) in [6, 6.07) is 6.31. The molecule has 0 spiro atoms. The van der Waals surface area contributed by atoms with Gasteiger partial charge in [0.1, 0.15) is 0 Å². The molecule has 0 aliphatic rings. The average Bonchev–Trinajstić information content (AvgIpc) is 2.14. The zero-order chi connectivity index (χ0) is 11.1. The Morgan fingerprint density at radius 3 is 2.14 bits per heavy atom. The molecule has 0 fully saturated rings. The summed E-state index contributed by atoms with van der Waals surface area (Å²) in [6.07, 6.45) is 0. The summed E-state index contributed by atoms with van der Waals surface area (Å²) in [6.45, 7) is 14.0. The summed E-state index contributed by atoms with van der Waals surface area (Å²) in [4.78, 5) is 0. The fourth-order valence-electron chi connectivity index (χ4n) is 1.07. The molecule has 0 radical (unpaired) electrons. The lowest BCUT2D eigenvalue weighted by molar-refractivity contribution is 1.32. The van der Waals surface area contributed by atoms with Gasteiger partial charge in [0.15, 0.2) is 0 Å². The zero-order valence-corrected chi connectivity index (χ0v) is 9.94. The summed E-state index contributed by atoms with van der Waals surface area (Å²) in [7, 11) is 0. The summed E-state index contributed by atoms with van der Waals surface area (Å²) in [5.41, 5.74) is 4.72. The highest BCUT2D eigenvalue weighted by molar-refractivity contribution is 5.51. The highest BCUT2D eigenvalue weighted by Gasteiger charge is 1.94. The molecule has 0 aliphatic heterocycles. The van der Waals surface area contributed by atoms with Crippen molar-refractivity contribution in [3.63, 3.8) is 0 Å². The van der Waals surface area contributed by atoms with Gasteiger partial charge in [-0.15, -0.1) is 0 Å². The Morgan fingerprint density at radius 2 is 1.71 bits per heavy atom. The Hall–Kier alpha value is -1.24. The van der Waals surface area contributed by atoms with Crippen LogP contribution in [0.2, 0.25) is 0 Å². The van der Waals surface area contributed by atoms with E-state index < -0.39 is 0 Å². The van der Waals surface area contributed by atoms with Crippen molar-refractivity contribution in [1.29, 1.82) is 0 Å². The predicted octanol–water partition coefficient (Wildman–Crippen LogP) is 4.28. The van der Waals surface area contributed by atoms with Crippen molar-refractivity contribution in [3.8, 4) is 0 Å². The Bertz CT molecular complexity index is 300. The Balaban J connectivity index is 0.000000791. The number of anilines is 1. The topological polar surface area (TPSA) is 12.0 Å². The number of allylic oxidation sites excluding steroid dienone is 1. The van der Waals surface area contributed by atoms with Gasteiger partial charge in [-0.25, -0.2) is 0 Å². The second kappa shape index (κ2) is 6.25. The molecule has 1 heteroatoms. The van der Waals surface area contributed by atoms with Gasteiger partial charge in [-0.3, -0.25) is 0 Å². The van der Waals surface area contributed by atoms with E-state index in [1.807, 2.05) is 20.8 Å². The van der Waals surface area contributed by atoms with Crippen molar-refractivity contribution in [2.75, 3.05) is 5.32 Å². The summed E-state index contributed by atoms with van der Waals surface area (Å²) < 4.78 is 0. The lowest BCUT2D eigenvalue weighted by Gasteiger charge is -2.07. The van der Waals surface area contributed by atoms with Crippen LogP contribution in [0.1, 0.15) is 31.9 Å². The van der Waals surface area contributed by atoms with Crippen LogP contribution in [0.5, 0.6) is 0 Å². The van der Waals surface area contributed by atoms with Crippen LogP contribution in [0.25, 0.3) is 0 Å². The Labute approximate surface area is 87.9 Å². The molecule has 0 aliphatic carbocycles. The molecule has 0 unspecified atom stereocenters. The molecule has 1 N–H and O–H groups in total. The van der Waals surface area contributed by atoms with E-state index in [2.05, 4.69) is 43.9 Å². The van der Waals surface area contributed by atoms with Crippen LogP contribution >= 0.6 is 0 Å². The quantitative estimate of drug-likeness (QED) is 0.736. The van der Waals surface area contributed by atoms with Crippen molar-refractivity contribution in [2.45, 2.75) is 34.6 Å². The van der Waals surface area contributed by atoms with E-state index in [0.717, 1.165) is 11.4 Å². The third-order valence-corrected chi connectivity index (χ3v) is 1.86. The summed E-state index contributed by atoms with van der Waals surface area (Å²) in [5, 5.41) is 3.18. The first-order valence-corrected chi connectivity index (χ1v) is 5.09. The summed E-state index contributed by atoms with van der Waals surface area (Å²) in [5.74, 6) is 0. The number of hydrogen-bond acceptors (Lipinski definition) is 1. The fraction of sp³-hybridized carbons (Fsp3) is 0.385. The van der Waals surface area contributed by atoms with Crippen molar-refractivity contribution in [3.05, 3.63) is 41.6 Å². The molecule has 0 amide bonds. The largest absolute Gasteiger partial charge is 0.360 e. The van der Waals surface area contributed by atoms with Crippen LogP contribution < -0.4 is 5.32 Å². The molecule has 0 atom stereocenters. The molecule has 0 heterocycles. The second-order valence-electron chi connectivity index (χ2n) is 3.20. The predicted molar refractivity (Wildman–Crippen MR) is 65.7 cm³/mol. The second-order valence-corrected chi connectivity index (χ2v) is 3.20. The third-order valence-electron chi connectivity index (χ3n) is 1.86. The number of nitrogens with one attached hydrogen (secondary N) is 1. The number of rotatable bonds is 2. The van der Waals surface area contributed by atoms with Gasteiger partial charge in [0.25, 0.3) is 0 Å². The molecular weight excluding hydrogens is 170 g/mol. The van der Waals surface area contributed by atoms with E-state index >= 15 is 0 Å². The van der Waals surface area contributed by atoms with E-state index in [0.29, 0.717) is 0 Å². The van der Waals surface area contributed by atoms with Crippen molar-refractivity contribution >= 4 is 5.69 Å². The van der Waals surface area contributed by atoms with Crippen LogP contribution in [-0.2, 0) is 0 Å². The molecule has 1 nitrogen and oxygen atoms in total. The molecule has 1 aromatic rings. The first kappa shape index (κ1) is 12.8. The minimum Gasteiger partial charge on any atom is -0.360 e. The van der Waals surface area contributed by atoms with Gasteiger partial charge in [0.05, 0.1) is 0 Å². The minimum absolute atomic E-state index is 0.971. The standard InChI is InChI=1S/C11H15N.C2H6/c1-8(2)12-11-6-5-9(3)10(4)7-11;1-2/h5-7,12H,1H2,2-4H3;1-2H3. The van der Waals surface area contributed by atoms with Gasteiger partial charge in [-0.2, -0.15) is 0 Å². The molecule has 1 aromatic carbocycles. The molecule has 0 saturated carbocycles. The van der Waals surface area contributed by atoms with Crippen LogP contribution in [-0.4, -0.2) is 0 Å². The van der Waals surface area contributed by atoms with Gasteiger partial charge in [-0.05, 0) is 44.0 Å². The van der Waals surface area contributed by atoms with E-state index in [4.69, 9.17) is 0 Å². The SMILES string of the molecule is C=C(C)Nc1ccc(C)c(C)c1.CC. The van der Waals surface area contributed by atoms with Gasteiger partial charge in [-0.1, -0.05) is 26.5 Å². The van der Waals surface area contributed by atoms with Gasteiger partial charge in [0, 0.05) is 11.4 Å². The van der Waals surface area contributed by atoms with Gasteiger partial charge < -0.3 is 5.32 Å². The molecule has 78 valence electrons. The molecular formula is C13H21N. The lowest BCUT2D eigenvalue weighted by atomic mass is 10.1. The number of hydrogen-bond donors (Lipinski definition) is 1. The van der Waals surface area contributed by atoms with Crippen molar-refractivity contribution < 1.29 is 0 Å². The maximum absolute atomic E-state index is 3.79. The van der Waals surface area contributed by atoms with Gasteiger partial charge >= 0.3 is 0 Å².